The van der Waals surface area contributed by atoms with Crippen LogP contribution in [0, 0.1) is 0 Å². The highest BCUT2D eigenvalue weighted by molar-refractivity contribution is 6.63. The third-order valence-electron chi connectivity index (χ3n) is 18.8. The van der Waals surface area contributed by atoms with Gasteiger partial charge in [-0.15, -0.1) is 0 Å². The van der Waals surface area contributed by atoms with Crippen LogP contribution in [0.5, 0.6) is 0 Å². The van der Waals surface area contributed by atoms with Gasteiger partial charge in [-0.05, 0) is 142 Å². The minimum absolute atomic E-state index is 0.524. The van der Waals surface area contributed by atoms with Crippen molar-refractivity contribution < 1.29 is 18.1 Å². The maximum absolute atomic E-state index is 7.24. The number of nitrogens with zero attached hydrogens (tertiary/aromatic N) is 5. The Bertz CT molecular complexity index is 5760. The van der Waals surface area contributed by atoms with Crippen LogP contribution in [-0.4, -0.2) is 42.4 Å². The van der Waals surface area contributed by atoms with E-state index >= 15 is 0 Å². The molecule has 1 fully saturated rings. The van der Waals surface area contributed by atoms with E-state index in [0.717, 1.165) is 131 Å². The summed E-state index contributed by atoms with van der Waals surface area (Å²) in [5.74, 6) is 1.61. The Morgan fingerprint density at radius 3 is 1.46 bits per heavy atom. The number of fused-ring (bicyclic) bond motifs is 12. The van der Waals surface area contributed by atoms with E-state index < -0.39 is 18.3 Å². The van der Waals surface area contributed by atoms with Crippen molar-refractivity contribution in [3.63, 3.8) is 0 Å². The fourth-order valence-corrected chi connectivity index (χ4v) is 14.6. The van der Waals surface area contributed by atoms with E-state index in [2.05, 4.69) is 254 Å². The predicted molar refractivity (Wildman–Crippen MR) is 347 cm³/mol. The molecule has 1 atom stereocenters. The van der Waals surface area contributed by atoms with E-state index in [-0.39, 0.29) is 0 Å². The van der Waals surface area contributed by atoms with Gasteiger partial charge in [-0.2, -0.15) is 9.97 Å². The molecule has 18 aromatic rings. The molecular formula is C75H48BN5O4. The molecule has 10 heteroatoms. The van der Waals surface area contributed by atoms with E-state index in [1.165, 1.54) is 26.9 Å². The molecule has 0 N–H and O–H groups in total. The Labute approximate surface area is 485 Å². The second-order valence-corrected chi connectivity index (χ2v) is 23.9. The van der Waals surface area contributed by atoms with Gasteiger partial charge in [0, 0.05) is 66.3 Å². The second-order valence-electron chi connectivity index (χ2n) is 23.9. The van der Waals surface area contributed by atoms with E-state index in [1.54, 1.807) is 0 Å². The Morgan fingerprint density at radius 1 is 0.365 bits per heavy atom. The van der Waals surface area contributed by atoms with E-state index in [0.29, 0.717) is 24.0 Å². The number of benzene rings is 13. The minimum Gasteiger partial charge on any atom is -0.456 e. The van der Waals surface area contributed by atoms with Gasteiger partial charge in [-0.3, -0.25) is 4.57 Å². The first-order valence-electron chi connectivity index (χ1n) is 29.1. The fourth-order valence-electron chi connectivity index (χ4n) is 14.6. The van der Waals surface area contributed by atoms with Crippen LogP contribution >= 0.6 is 0 Å². The molecule has 13 aromatic carbocycles. The molecule has 0 radical (unpaired) electrons. The maximum Gasteiger partial charge on any atom is 0.495 e. The zero-order valence-electron chi connectivity index (χ0n) is 46.5. The number of para-hydroxylation sites is 4. The van der Waals surface area contributed by atoms with Crippen molar-refractivity contribution in [1.82, 2.24) is 24.1 Å². The predicted octanol–water partition coefficient (Wildman–Crippen LogP) is 18.2. The fraction of sp³-hybridized carbons (Fsp3) is 0.0800. The van der Waals surface area contributed by atoms with E-state index in [1.807, 2.05) is 0 Å². The van der Waals surface area contributed by atoms with Crippen molar-refractivity contribution in [2.75, 3.05) is 0 Å². The van der Waals surface area contributed by atoms with Gasteiger partial charge in [0.05, 0.1) is 33.3 Å². The molecule has 1 aliphatic heterocycles. The summed E-state index contributed by atoms with van der Waals surface area (Å²) in [6.45, 7) is 6.47. The molecule has 0 bridgehead atoms. The first kappa shape index (κ1) is 47.1. The van der Waals surface area contributed by atoms with Gasteiger partial charge in [0.25, 0.3) is 0 Å². The van der Waals surface area contributed by atoms with Crippen LogP contribution in [0.25, 0.3) is 165 Å². The molecule has 5 aromatic heterocycles. The van der Waals surface area contributed by atoms with Gasteiger partial charge >= 0.3 is 7.12 Å². The molecule has 400 valence electrons. The summed E-state index contributed by atoms with van der Waals surface area (Å²) in [5, 5.41) is 18.3. The second kappa shape index (κ2) is 16.9. The monoisotopic (exact) mass is 1090 g/mol. The van der Waals surface area contributed by atoms with E-state index in [9.17, 15) is 0 Å². The van der Waals surface area contributed by atoms with Crippen LogP contribution < -0.4 is 5.46 Å². The Balaban J connectivity index is 0.759. The third kappa shape index (κ3) is 6.58. The maximum atomic E-state index is 7.24. The molecule has 0 spiro atoms. The average molecular weight is 1090 g/mol. The molecule has 9 nitrogen and oxygen atoms in total. The lowest BCUT2D eigenvalue weighted by Gasteiger charge is -2.36. The standard InChI is InChI=1S/C75H48BN5O4/c1-74(2)75(3,85-76(84-74)45-39-58-48-21-5-4-20-47(48)55-28-17-33-63-67(55)70(58)66(40-45)82-63)41-42-34-56-49-22-6-7-23-50(49)57-37-44(38-65-69(57)68(56)64(35-42)83-65)72-77-71(78-73(79-72)81-61-31-14-10-26-53(61)54-27-11-15-32-62(54)81)43-18-16-19-46(36-43)80-59-29-12-8-24-51(59)52-25-9-13-30-60(52)80/h4-40H,41H2,1-3H3. The third-order valence-corrected chi connectivity index (χ3v) is 18.8. The molecule has 0 amide bonds. The van der Waals surface area contributed by atoms with Gasteiger partial charge in [-0.25, -0.2) is 4.98 Å². The molecule has 19 rings (SSSR count). The van der Waals surface area contributed by atoms with Crippen LogP contribution in [0.3, 0.4) is 0 Å². The zero-order valence-corrected chi connectivity index (χ0v) is 46.5. The Kier molecular flexibility index (Phi) is 9.37. The number of rotatable bonds is 7. The summed E-state index contributed by atoms with van der Waals surface area (Å²) in [5.41, 5.74) is 10.9. The lowest BCUT2D eigenvalue weighted by atomic mass is 9.77. The zero-order chi connectivity index (χ0) is 56.0. The van der Waals surface area contributed by atoms with Crippen LogP contribution in [-0.2, 0) is 15.7 Å². The summed E-state index contributed by atoms with van der Waals surface area (Å²) in [6.07, 6.45) is 0.569. The summed E-state index contributed by atoms with van der Waals surface area (Å²) in [4.78, 5) is 16.3. The molecule has 6 heterocycles. The normalized spacial score (nSPS) is 15.8. The van der Waals surface area contributed by atoms with Crippen LogP contribution in [0.2, 0.25) is 0 Å². The van der Waals surface area contributed by atoms with Crippen LogP contribution in [0.4, 0.5) is 0 Å². The van der Waals surface area contributed by atoms with Gasteiger partial charge < -0.3 is 22.7 Å². The molecule has 0 saturated carbocycles. The number of aromatic nitrogens is 5. The summed E-state index contributed by atoms with van der Waals surface area (Å²) in [7, 11) is -0.632. The SMILES string of the molecule is CC1(C)OB(c2cc3oc4cccc5c6ccccc6c(c2)c3c45)OC1(C)Cc1cc2oc3cc(-c4nc(-c5cccc(-n6c7ccccc7c7ccccc76)c5)nc(-n5c6ccccc6c6ccccc65)n4)cc4c5ccccc5c(c1)c2c34. The average Bonchev–Trinajstić information content (AvgIpc) is 1.89. The number of hydrogen-bond donors (Lipinski definition) is 0. The van der Waals surface area contributed by atoms with Crippen LogP contribution in [0.15, 0.2) is 233 Å². The van der Waals surface area contributed by atoms with Gasteiger partial charge in [-0.1, -0.05) is 158 Å². The van der Waals surface area contributed by atoms with Crippen molar-refractivity contribution in [1.29, 1.82) is 0 Å². The first-order valence-corrected chi connectivity index (χ1v) is 29.1. The van der Waals surface area contributed by atoms with Crippen molar-refractivity contribution in [2.24, 2.45) is 0 Å². The summed E-state index contributed by atoms with van der Waals surface area (Å²) in [6, 6.07) is 79.7. The topological polar surface area (TPSA) is 93.3 Å². The number of hydrogen-bond acceptors (Lipinski definition) is 7. The van der Waals surface area contributed by atoms with E-state index in [4.69, 9.17) is 33.1 Å². The quantitative estimate of drug-likeness (QED) is 0.116. The molecular weight excluding hydrogens is 1050 g/mol. The highest BCUT2D eigenvalue weighted by Gasteiger charge is 2.55. The first-order chi connectivity index (χ1) is 41.7. The highest BCUT2D eigenvalue weighted by Crippen LogP contribution is 2.48. The Hall–Kier alpha value is -10.4. The van der Waals surface area contributed by atoms with Crippen molar-refractivity contribution in [2.45, 2.75) is 38.4 Å². The molecule has 1 unspecified atom stereocenters. The summed E-state index contributed by atoms with van der Waals surface area (Å²) < 4.78 is 32.5. The van der Waals surface area contributed by atoms with Crippen molar-refractivity contribution >= 4 is 143 Å². The molecule has 1 aliphatic rings. The smallest absolute Gasteiger partial charge is 0.456 e. The van der Waals surface area contributed by atoms with Gasteiger partial charge in [0.2, 0.25) is 5.95 Å². The summed E-state index contributed by atoms with van der Waals surface area (Å²) >= 11 is 0. The highest BCUT2D eigenvalue weighted by atomic mass is 16.7. The molecule has 0 aliphatic carbocycles. The molecule has 85 heavy (non-hydrogen) atoms. The number of furan rings is 2. The lowest BCUT2D eigenvalue weighted by molar-refractivity contribution is -0.00874. The van der Waals surface area contributed by atoms with Gasteiger partial charge in [0.15, 0.2) is 11.6 Å². The van der Waals surface area contributed by atoms with Gasteiger partial charge in [0.1, 0.15) is 22.3 Å². The van der Waals surface area contributed by atoms with Crippen LogP contribution in [0.1, 0.15) is 26.3 Å². The largest absolute Gasteiger partial charge is 0.495 e. The van der Waals surface area contributed by atoms with Crippen molar-refractivity contribution in [3.8, 4) is 34.4 Å². The van der Waals surface area contributed by atoms with Crippen molar-refractivity contribution in [3.05, 3.63) is 230 Å². The Morgan fingerprint density at radius 2 is 0.835 bits per heavy atom. The lowest BCUT2D eigenvalue weighted by Crippen LogP contribution is -2.46. The molecule has 1 saturated heterocycles. The minimum atomic E-state index is -0.741.